The van der Waals surface area contributed by atoms with Crippen molar-refractivity contribution in [3.63, 3.8) is 0 Å². The van der Waals surface area contributed by atoms with Gasteiger partial charge in [0.1, 0.15) is 0 Å². The van der Waals surface area contributed by atoms with Gasteiger partial charge in [-0.05, 0) is 40.5 Å². The second-order valence-corrected chi connectivity index (χ2v) is 4.08. The number of carbonyl (C=O) groups excluding carboxylic acids is 1. The van der Waals surface area contributed by atoms with Gasteiger partial charge in [-0.25, -0.2) is 0 Å². The van der Waals surface area contributed by atoms with Gasteiger partial charge in [-0.1, -0.05) is 22.0 Å². The van der Waals surface area contributed by atoms with Crippen LogP contribution in [0.1, 0.15) is 5.56 Å². The van der Waals surface area contributed by atoms with Crippen LogP contribution in [0.25, 0.3) is 0 Å². The summed E-state index contributed by atoms with van der Waals surface area (Å²) in [5, 5.41) is 3.07. The third-order valence-electron chi connectivity index (χ3n) is 1.52. The minimum Gasteiger partial charge on any atom is -0.324 e. The molecule has 1 rings (SSSR count). The molecule has 2 nitrogen and oxygen atoms in total. The molecule has 0 fully saturated rings. The van der Waals surface area contributed by atoms with Gasteiger partial charge in [-0.3, -0.25) is 4.79 Å². The predicted molar refractivity (Wildman–Crippen MR) is 61.3 cm³/mol. The van der Waals surface area contributed by atoms with E-state index in [0.29, 0.717) is 5.33 Å². The molecule has 0 spiro atoms. The summed E-state index contributed by atoms with van der Waals surface area (Å²) in [7, 11) is 0. The zero-order valence-corrected chi connectivity index (χ0v) is 10.3. The zero-order chi connectivity index (χ0) is 9.84. The molecular weight excluding hydrogens is 298 g/mol. The number of amides is 1. The zero-order valence-electron chi connectivity index (χ0n) is 7.10. The standard InChI is InChI=1S/C9H9Br2NO/c1-6-2-3-8(7(11)4-6)12-9(13)5-10/h2-4H,5H2,1H3,(H,12,13). The maximum atomic E-state index is 11.0. The Kier molecular flexibility index (Phi) is 3.93. The number of aryl methyl sites for hydroxylation is 1. The number of hydrogen-bond donors (Lipinski definition) is 1. The van der Waals surface area contributed by atoms with E-state index in [1.54, 1.807) is 0 Å². The Morgan fingerprint density at radius 2 is 2.23 bits per heavy atom. The van der Waals surface area contributed by atoms with Gasteiger partial charge in [-0.15, -0.1) is 0 Å². The lowest BCUT2D eigenvalue weighted by atomic mass is 10.2. The van der Waals surface area contributed by atoms with Gasteiger partial charge in [0, 0.05) is 4.47 Å². The first-order chi connectivity index (χ1) is 6.13. The van der Waals surface area contributed by atoms with Crippen LogP contribution in [0.3, 0.4) is 0 Å². The third-order valence-corrected chi connectivity index (χ3v) is 2.69. The highest BCUT2D eigenvalue weighted by atomic mass is 79.9. The molecule has 0 unspecified atom stereocenters. The van der Waals surface area contributed by atoms with E-state index in [0.717, 1.165) is 15.7 Å². The molecule has 0 saturated heterocycles. The Morgan fingerprint density at radius 3 is 2.77 bits per heavy atom. The molecule has 0 aliphatic carbocycles. The molecule has 0 saturated carbocycles. The van der Waals surface area contributed by atoms with E-state index in [4.69, 9.17) is 0 Å². The average molecular weight is 307 g/mol. The van der Waals surface area contributed by atoms with Gasteiger partial charge in [0.05, 0.1) is 11.0 Å². The topological polar surface area (TPSA) is 29.1 Å². The SMILES string of the molecule is Cc1ccc(NC(=O)CBr)c(Br)c1. The first-order valence-corrected chi connectivity index (χ1v) is 5.67. The van der Waals surface area contributed by atoms with Crippen molar-refractivity contribution in [1.29, 1.82) is 0 Å². The number of halogens is 2. The van der Waals surface area contributed by atoms with E-state index in [9.17, 15) is 4.79 Å². The molecule has 13 heavy (non-hydrogen) atoms. The highest BCUT2D eigenvalue weighted by Gasteiger charge is 2.03. The summed E-state index contributed by atoms with van der Waals surface area (Å²) in [5.41, 5.74) is 1.96. The van der Waals surface area contributed by atoms with E-state index in [1.807, 2.05) is 25.1 Å². The van der Waals surface area contributed by atoms with Crippen LogP contribution in [0, 0.1) is 6.92 Å². The van der Waals surface area contributed by atoms with Crippen molar-refractivity contribution < 1.29 is 4.79 Å². The molecule has 70 valence electrons. The Labute approximate surface area is 94.0 Å². The van der Waals surface area contributed by atoms with Crippen molar-refractivity contribution >= 4 is 43.5 Å². The number of rotatable bonds is 2. The van der Waals surface area contributed by atoms with E-state index < -0.39 is 0 Å². The summed E-state index contributed by atoms with van der Waals surface area (Å²) in [6.45, 7) is 2.00. The maximum Gasteiger partial charge on any atom is 0.235 e. The van der Waals surface area contributed by atoms with Gasteiger partial charge < -0.3 is 5.32 Å². The van der Waals surface area contributed by atoms with Crippen LogP contribution in [0.15, 0.2) is 22.7 Å². The molecule has 1 aromatic rings. The van der Waals surface area contributed by atoms with Crippen LogP contribution in [0.4, 0.5) is 5.69 Å². The van der Waals surface area contributed by atoms with Crippen LogP contribution in [-0.4, -0.2) is 11.2 Å². The van der Waals surface area contributed by atoms with E-state index in [1.165, 1.54) is 0 Å². The van der Waals surface area contributed by atoms with Crippen LogP contribution in [0.2, 0.25) is 0 Å². The first kappa shape index (κ1) is 10.7. The van der Waals surface area contributed by atoms with Crippen molar-refractivity contribution in [3.05, 3.63) is 28.2 Å². The summed E-state index contributed by atoms with van der Waals surface area (Å²) < 4.78 is 0.904. The first-order valence-electron chi connectivity index (χ1n) is 3.75. The molecule has 0 atom stereocenters. The maximum absolute atomic E-state index is 11.0. The summed E-state index contributed by atoms with van der Waals surface area (Å²) in [6, 6.07) is 5.79. The van der Waals surface area contributed by atoms with Crippen LogP contribution < -0.4 is 5.32 Å². The molecule has 0 bridgehead atoms. The lowest BCUT2D eigenvalue weighted by molar-refractivity contribution is -0.113. The van der Waals surface area contributed by atoms with E-state index >= 15 is 0 Å². The van der Waals surface area contributed by atoms with Crippen LogP contribution in [-0.2, 0) is 4.79 Å². The lowest BCUT2D eigenvalue weighted by Crippen LogP contribution is -2.12. The molecule has 1 amide bonds. The lowest BCUT2D eigenvalue weighted by Gasteiger charge is -2.05. The smallest absolute Gasteiger partial charge is 0.235 e. The quantitative estimate of drug-likeness (QED) is 0.836. The molecule has 0 aliphatic heterocycles. The molecule has 1 N–H and O–H groups in total. The largest absolute Gasteiger partial charge is 0.324 e. The number of hydrogen-bond acceptors (Lipinski definition) is 1. The minimum absolute atomic E-state index is 0.0513. The second kappa shape index (κ2) is 4.77. The van der Waals surface area contributed by atoms with Crippen molar-refractivity contribution in [3.8, 4) is 0 Å². The molecule has 0 aromatic heterocycles. The molecule has 4 heteroatoms. The van der Waals surface area contributed by atoms with Crippen molar-refractivity contribution in [2.24, 2.45) is 0 Å². The number of anilines is 1. The van der Waals surface area contributed by atoms with Gasteiger partial charge in [0.2, 0.25) is 5.91 Å². The Morgan fingerprint density at radius 1 is 1.54 bits per heavy atom. The Hall–Kier alpha value is -0.350. The number of carbonyl (C=O) groups is 1. The van der Waals surface area contributed by atoms with E-state index in [2.05, 4.69) is 37.2 Å². The van der Waals surface area contributed by atoms with Crippen molar-refractivity contribution in [1.82, 2.24) is 0 Å². The van der Waals surface area contributed by atoms with Crippen LogP contribution >= 0.6 is 31.9 Å². The number of nitrogens with one attached hydrogen (secondary N) is 1. The summed E-state index contributed by atoms with van der Waals surface area (Å²) in [6.07, 6.45) is 0. The number of benzene rings is 1. The summed E-state index contributed by atoms with van der Waals surface area (Å²) in [4.78, 5) is 11.0. The highest BCUT2D eigenvalue weighted by Crippen LogP contribution is 2.23. The highest BCUT2D eigenvalue weighted by molar-refractivity contribution is 9.10. The average Bonchev–Trinajstić information content (AvgIpc) is 2.09. The third kappa shape index (κ3) is 3.12. The van der Waals surface area contributed by atoms with Crippen LogP contribution in [0.5, 0.6) is 0 Å². The Bertz CT molecular complexity index is 325. The monoisotopic (exact) mass is 305 g/mol. The summed E-state index contributed by atoms with van der Waals surface area (Å²) >= 11 is 6.46. The van der Waals surface area contributed by atoms with Crippen molar-refractivity contribution in [2.75, 3.05) is 10.6 Å². The summed E-state index contributed by atoms with van der Waals surface area (Å²) in [5.74, 6) is -0.0513. The fraction of sp³-hybridized carbons (Fsp3) is 0.222. The predicted octanol–water partition coefficient (Wildman–Crippen LogP) is 3.09. The van der Waals surface area contributed by atoms with Gasteiger partial charge >= 0.3 is 0 Å². The normalized spacial score (nSPS) is 9.77. The van der Waals surface area contributed by atoms with Gasteiger partial charge in [0.15, 0.2) is 0 Å². The van der Waals surface area contributed by atoms with Crippen molar-refractivity contribution in [2.45, 2.75) is 6.92 Å². The molecular formula is C9H9Br2NO. The fourth-order valence-electron chi connectivity index (χ4n) is 0.905. The molecule has 1 aromatic carbocycles. The Balaban J connectivity index is 2.83. The van der Waals surface area contributed by atoms with Gasteiger partial charge in [-0.2, -0.15) is 0 Å². The molecule has 0 aliphatic rings. The number of alkyl halides is 1. The van der Waals surface area contributed by atoms with E-state index in [-0.39, 0.29) is 5.91 Å². The molecule has 0 radical (unpaired) electrons. The second-order valence-electron chi connectivity index (χ2n) is 2.67. The fourth-order valence-corrected chi connectivity index (χ4v) is 1.64. The molecule has 0 heterocycles. The minimum atomic E-state index is -0.0513. The van der Waals surface area contributed by atoms with Gasteiger partial charge in [0.25, 0.3) is 0 Å².